The highest BCUT2D eigenvalue weighted by Crippen LogP contribution is 2.25. The maximum Gasteiger partial charge on any atom is 0.0431 e. The molecule has 0 bridgehead atoms. The quantitative estimate of drug-likeness (QED) is 0.686. The van der Waals surface area contributed by atoms with Gasteiger partial charge in [-0.25, -0.2) is 0 Å². The van der Waals surface area contributed by atoms with Crippen molar-refractivity contribution in [1.82, 2.24) is 5.32 Å². The van der Waals surface area contributed by atoms with Gasteiger partial charge in [0.05, 0.1) is 0 Å². The molecule has 2 N–H and O–H groups in total. The van der Waals surface area contributed by atoms with Crippen LogP contribution in [0.25, 0.3) is 0 Å². The molecule has 2 heteroatoms. The molecule has 2 nitrogen and oxygen atoms in total. The van der Waals surface area contributed by atoms with Crippen molar-refractivity contribution in [2.45, 2.75) is 58.0 Å². The molecule has 0 aromatic rings. The fourth-order valence-electron chi connectivity index (χ4n) is 2.24. The summed E-state index contributed by atoms with van der Waals surface area (Å²) in [6.45, 7) is 4.88. The van der Waals surface area contributed by atoms with E-state index in [1.165, 1.54) is 19.3 Å². The van der Waals surface area contributed by atoms with Gasteiger partial charge in [0.1, 0.15) is 0 Å². The van der Waals surface area contributed by atoms with Crippen molar-refractivity contribution in [3.8, 4) is 0 Å². The first-order valence-corrected chi connectivity index (χ1v) is 5.59. The molecule has 0 heterocycles. The van der Waals surface area contributed by atoms with E-state index in [0.29, 0.717) is 12.6 Å². The molecule has 3 atom stereocenters. The molecule has 0 amide bonds. The predicted molar refractivity (Wildman–Crippen MR) is 55.7 cm³/mol. The number of aliphatic hydroxyl groups excluding tert-OH is 1. The molecule has 0 aromatic heterocycles. The summed E-state index contributed by atoms with van der Waals surface area (Å²) >= 11 is 0. The Balaban J connectivity index is 2.09. The van der Waals surface area contributed by atoms with E-state index in [2.05, 4.69) is 19.2 Å². The first kappa shape index (κ1) is 11.0. The largest absolute Gasteiger partial charge is 0.396 e. The van der Waals surface area contributed by atoms with E-state index in [1.54, 1.807) is 0 Å². The van der Waals surface area contributed by atoms with Gasteiger partial charge in [0.2, 0.25) is 0 Å². The molecular weight excluding hydrogens is 162 g/mol. The third-order valence-electron chi connectivity index (χ3n) is 3.01. The molecule has 1 fully saturated rings. The Hall–Kier alpha value is -0.0800. The second-order valence-electron chi connectivity index (χ2n) is 4.55. The highest BCUT2D eigenvalue weighted by Gasteiger charge is 2.21. The monoisotopic (exact) mass is 185 g/mol. The normalized spacial score (nSPS) is 30.7. The van der Waals surface area contributed by atoms with Crippen LogP contribution in [-0.2, 0) is 0 Å². The lowest BCUT2D eigenvalue weighted by Gasteiger charge is -2.18. The molecule has 1 aliphatic carbocycles. The van der Waals surface area contributed by atoms with Crippen LogP contribution < -0.4 is 5.32 Å². The minimum atomic E-state index is 0.326. The average Bonchev–Trinajstić information content (AvgIpc) is 2.48. The first-order valence-electron chi connectivity index (χ1n) is 5.59. The third-order valence-corrected chi connectivity index (χ3v) is 3.01. The molecule has 78 valence electrons. The van der Waals surface area contributed by atoms with Crippen molar-refractivity contribution in [2.24, 2.45) is 5.92 Å². The van der Waals surface area contributed by atoms with Crippen LogP contribution in [0.3, 0.4) is 0 Å². The van der Waals surface area contributed by atoms with E-state index in [1.807, 2.05) is 0 Å². The Morgan fingerprint density at radius 3 is 2.77 bits per heavy atom. The number of rotatable bonds is 5. The van der Waals surface area contributed by atoms with Crippen LogP contribution in [0.5, 0.6) is 0 Å². The molecular formula is C11H23NO. The van der Waals surface area contributed by atoms with E-state index < -0.39 is 0 Å². The van der Waals surface area contributed by atoms with Gasteiger partial charge in [0.15, 0.2) is 0 Å². The Morgan fingerprint density at radius 1 is 1.46 bits per heavy atom. The van der Waals surface area contributed by atoms with Gasteiger partial charge in [-0.2, -0.15) is 0 Å². The topological polar surface area (TPSA) is 32.3 Å². The Kier molecular flexibility index (Phi) is 4.74. The van der Waals surface area contributed by atoms with Crippen molar-refractivity contribution in [3.63, 3.8) is 0 Å². The van der Waals surface area contributed by atoms with E-state index >= 15 is 0 Å². The standard InChI is InChI=1S/C11H23NO/c1-9-5-6-11(8-9)12-10(2)4-3-7-13/h9-13H,3-8H2,1-2H3/t9-,10-,11-/m1/s1. The minimum Gasteiger partial charge on any atom is -0.396 e. The van der Waals surface area contributed by atoms with E-state index in [9.17, 15) is 0 Å². The fraction of sp³-hybridized carbons (Fsp3) is 1.00. The number of hydrogen-bond donors (Lipinski definition) is 2. The summed E-state index contributed by atoms with van der Waals surface area (Å²) in [5.41, 5.74) is 0. The smallest absolute Gasteiger partial charge is 0.0431 e. The van der Waals surface area contributed by atoms with Gasteiger partial charge in [0, 0.05) is 18.7 Å². The molecule has 1 rings (SSSR count). The number of hydrogen-bond acceptors (Lipinski definition) is 2. The Morgan fingerprint density at radius 2 is 2.23 bits per heavy atom. The highest BCUT2D eigenvalue weighted by molar-refractivity contribution is 4.80. The lowest BCUT2D eigenvalue weighted by molar-refractivity contribution is 0.273. The molecule has 13 heavy (non-hydrogen) atoms. The zero-order valence-electron chi connectivity index (χ0n) is 8.92. The zero-order valence-corrected chi connectivity index (χ0v) is 8.92. The second-order valence-corrected chi connectivity index (χ2v) is 4.55. The van der Waals surface area contributed by atoms with E-state index in [0.717, 1.165) is 24.8 Å². The average molecular weight is 185 g/mol. The molecule has 1 saturated carbocycles. The molecule has 1 aliphatic rings. The van der Waals surface area contributed by atoms with Gasteiger partial charge < -0.3 is 10.4 Å². The van der Waals surface area contributed by atoms with Crippen molar-refractivity contribution < 1.29 is 5.11 Å². The van der Waals surface area contributed by atoms with Crippen LogP contribution in [0.15, 0.2) is 0 Å². The van der Waals surface area contributed by atoms with Crippen LogP contribution in [0.1, 0.15) is 46.0 Å². The predicted octanol–water partition coefficient (Wildman–Crippen LogP) is 1.93. The van der Waals surface area contributed by atoms with Crippen molar-refractivity contribution in [2.75, 3.05) is 6.61 Å². The SMILES string of the molecule is C[C@@H]1CC[C@@H](N[C@H](C)CCCO)C1. The third kappa shape index (κ3) is 4.10. The molecule has 0 spiro atoms. The van der Waals surface area contributed by atoms with Crippen LogP contribution in [0, 0.1) is 5.92 Å². The second kappa shape index (κ2) is 5.61. The van der Waals surface area contributed by atoms with Gasteiger partial charge in [-0.05, 0) is 44.9 Å². The zero-order chi connectivity index (χ0) is 9.68. The summed E-state index contributed by atoms with van der Waals surface area (Å²) in [5, 5.41) is 12.3. The van der Waals surface area contributed by atoms with Gasteiger partial charge in [0.25, 0.3) is 0 Å². The summed E-state index contributed by atoms with van der Waals surface area (Å²) in [6.07, 6.45) is 6.08. The van der Waals surface area contributed by atoms with Gasteiger partial charge in [-0.3, -0.25) is 0 Å². The van der Waals surface area contributed by atoms with Crippen LogP contribution in [0.4, 0.5) is 0 Å². The van der Waals surface area contributed by atoms with Gasteiger partial charge in [-0.1, -0.05) is 6.92 Å². The molecule has 0 aromatic carbocycles. The minimum absolute atomic E-state index is 0.326. The first-order chi connectivity index (χ1) is 6.22. The number of nitrogens with one attached hydrogen (secondary N) is 1. The maximum atomic E-state index is 8.69. The maximum absolute atomic E-state index is 8.69. The fourth-order valence-corrected chi connectivity index (χ4v) is 2.24. The summed E-state index contributed by atoms with van der Waals surface area (Å²) in [7, 11) is 0. The summed E-state index contributed by atoms with van der Waals surface area (Å²) in [5.74, 6) is 0.905. The van der Waals surface area contributed by atoms with Crippen LogP contribution in [0.2, 0.25) is 0 Å². The summed E-state index contributed by atoms with van der Waals surface area (Å²) in [6, 6.07) is 1.31. The molecule has 0 unspecified atom stereocenters. The van der Waals surface area contributed by atoms with E-state index in [4.69, 9.17) is 5.11 Å². The number of aliphatic hydroxyl groups is 1. The molecule has 0 aliphatic heterocycles. The van der Waals surface area contributed by atoms with Crippen LogP contribution >= 0.6 is 0 Å². The highest BCUT2D eigenvalue weighted by atomic mass is 16.2. The Labute approximate surface area is 81.7 Å². The summed E-state index contributed by atoms with van der Waals surface area (Å²) in [4.78, 5) is 0. The molecule has 0 radical (unpaired) electrons. The van der Waals surface area contributed by atoms with Crippen molar-refractivity contribution >= 4 is 0 Å². The van der Waals surface area contributed by atoms with Crippen molar-refractivity contribution in [3.05, 3.63) is 0 Å². The van der Waals surface area contributed by atoms with Gasteiger partial charge >= 0.3 is 0 Å². The Bertz CT molecular complexity index is 138. The van der Waals surface area contributed by atoms with Crippen molar-refractivity contribution in [1.29, 1.82) is 0 Å². The summed E-state index contributed by atoms with van der Waals surface area (Å²) < 4.78 is 0. The van der Waals surface area contributed by atoms with Gasteiger partial charge in [-0.15, -0.1) is 0 Å². The molecule has 0 saturated heterocycles. The lowest BCUT2D eigenvalue weighted by Crippen LogP contribution is -2.34. The van der Waals surface area contributed by atoms with Crippen LogP contribution in [-0.4, -0.2) is 23.8 Å². The lowest BCUT2D eigenvalue weighted by atomic mass is 10.1. The van der Waals surface area contributed by atoms with E-state index in [-0.39, 0.29) is 0 Å².